The Bertz CT molecular complexity index is 1590. The zero-order valence-corrected chi connectivity index (χ0v) is 20.4. The lowest BCUT2D eigenvalue weighted by atomic mass is 10.1. The number of para-hydroxylation sites is 2. The molecule has 4 aromatic carbocycles. The third-order valence-corrected chi connectivity index (χ3v) is 7.74. The van der Waals surface area contributed by atoms with Crippen molar-refractivity contribution < 1.29 is 13.2 Å². The predicted octanol–water partition coefficient (Wildman–Crippen LogP) is 4.99. The summed E-state index contributed by atoms with van der Waals surface area (Å²) < 4.78 is 27.2. The van der Waals surface area contributed by atoms with E-state index in [1.165, 1.54) is 0 Å². The van der Waals surface area contributed by atoms with Gasteiger partial charge < -0.3 is 9.88 Å². The van der Waals surface area contributed by atoms with Gasteiger partial charge in [0.05, 0.1) is 28.0 Å². The van der Waals surface area contributed by atoms with Crippen LogP contribution in [0.2, 0.25) is 0 Å². The maximum atomic E-state index is 12.6. The van der Waals surface area contributed by atoms with E-state index >= 15 is 0 Å². The van der Waals surface area contributed by atoms with Crippen LogP contribution in [0.25, 0.3) is 11.0 Å². The molecule has 0 atom stereocenters. The van der Waals surface area contributed by atoms with Crippen molar-refractivity contribution in [2.45, 2.75) is 23.7 Å². The standard InChI is InChI=1S/C29H25N3O3S/c33-29(25-16-14-24(15-17-25)20-36(34,35)26-6-2-1-3-7-26)30-18-22-10-12-23(13-11-22)19-32-21-31-27-8-4-5-9-28(27)32/h1-17,21H,18-20H2,(H,30,33). The minimum atomic E-state index is -3.43. The Labute approximate surface area is 210 Å². The summed E-state index contributed by atoms with van der Waals surface area (Å²) in [6, 6.07) is 31.2. The number of amides is 1. The van der Waals surface area contributed by atoms with E-state index in [0.29, 0.717) is 17.7 Å². The lowest BCUT2D eigenvalue weighted by Crippen LogP contribution is -2.22. The minimum absolute atomic E-state index is 0.111. The van der Waals surface area contributed by atoms with E-state index in [1.807, 2.05) is 36.7 Å². The van der Waals surface area contributed by atoms with Crippen molar-refractivity contribution in [1.29, 1.82) is 0 Å². The Morgan fingerprint density at radius 1 is 0.750 bits per heavy atom. The number of hydrogen-bond donors (Lipinski definition) is 1. The number of rotatable bonds is 8. The number of imidazole rings is 1. The second-order valence-corrected chi connectivity index (χ2v) is 10.6. The highest BCUT2D eigenvalue weighted by atomic mass is 32.2. The number of nitrogens with one attached hydrogen (secondary N) is 1. The van der Waals surface area contributed by atoms with Crippen molar-refractivity contribution in [1.82, 2.24) is 14.9 Å². The number of hydrogen-bond acceptors (Lipinski definition) is 4. The van der Waals surface area contributed by atoms with Gasteiger partial charge in [-0.05, 0) is 53.1 Å². The van der Waals surface area contributed by atoms with Gasteiger partial charge in [-0.3, -0.25) is 4.79 Å². The molecule has 0 bridgehead atoms. The van der Waals surface area contributed by atoms with Crippen molar-refractivity contribution in [3.05, 3.63) is 132 Å². The summed E-state index contributed by atoms with van der Waals surface area (Å²) in [6.45, 7) is 1.12. The van der Waals surface area contributed by atoms with Gasteiger partial charge in [0, 0.05) is 18.7 Å². The molecule has 1 heterocycles. The Morgan fingerprint density at radius 2 is 1.39 bits per heavy atom. The molecular weight excluding hydrogens is 470 g/mol. The molecule has 1 N–H and O–H groups in total. The third-order valence-electron chi connectivity index (χ3n) is 6.03. The Hall–Kier alpha value is -4.23. The summed E-state index contributed by atoms with van der Waals surface area (Å²) in [5, 5.41) is 2.93. The minimum Gasteiger partial charge on any atom is -0.348 e. The van der Waals surface area contributed by atoms with Crippen molar-refractivity contribution >= 4 is 26.8 Å². The monoisotopic (exact) mass is 495 g/mol. The Kier molecular flexibility index (Phi) is 6.64. The molecule has 7 heteroatoms. The summed E-state index contributed by atoms with van der Waals surface area (Å²) in [4.78, 5) is 17.3. The molecular formula is C29H25N3O3S. The normalized spacial score (nSPS) is 11.4. The van der Waals surface area contributed by atoms with E-state index in [1.54, 1.807) is 54.6 Å². The molecule has 180 valence electrons. The molecule has 0 aliphatic heterocycles. The molecule has 1 aromatic heterocycles. The van der Waals surface area contributed by atoms with Gasteiger partial charge in [0.25, 0.3) is 5.91 Å². The van der Waals surface area contributed by atoms with Gasteiger partial charge in [0.1, 0.15) is 0 Å². The van der Waals surface area contributed by atoms with Crippen molar-refractivity contribution in [3.8, 4) is 0 Å². The van der Waals surface area contributed by atoms with Crippen LogP contribution >= 0.6 is 0 Å². The van der Waals surface area contributed by atoms with Crippen LogP contribution in [0, 0.1) is 0 Å². The molecule has 0 aliphatic carbocycles. The Morgan fingerprint density at radius 3 is 2.14 bits per heavy atom. The molecule has 5 aromatic rings. The zero-order valence-electron chi connectivity index (χ0n) is 19.5. The van der Waals surface area contributed by atoms with E-state index < -0.39 is 9.84 Å². The van der Waals surface area contributed by atoms with Crippen LogP contribution in [-0.2, 0) is 28.7 Å². The quantitative estimate of drug-likeness (QED) is 0.329. The largest absolute Gasteiger partial charge is 0.348 e. The SMILES string of the molecule is O=C(NCc1ccc(Cn2cnc3ccccc32)cc1)c1ccc(CS(=O)(=O)c2ccccc2)cc1. The van der Waals surface area contributed by atoms with Crippen molar-refractivity contribution in [2.24, 2.45) is 0 Å². The molecule has 1 amide bonds. The lowest BCUT2D eigenvalue weighted by Gasteiger charge is -2.09. The number of benzene rings is 4. The number of fused-ring (bicyclic) bond motifs is 1. The maximum absolute atomic E-state index is 12.6. The highest BCUT2D eigenvalue weighted by molar-refractivity contribution is 7.90. The molecule has 0 saturated carbocycles. The van der Waals surface area contributed by atoms with Crippen LogP contribution in [0.5, 0.6) is 0 Å². The average Bonchev–Trinajstić information content (AvgIpc) is 3.31. The molecule has 0 fully saturated rings. The average molecular weight is 496 g/mol. The maximum Gasteiger partial charge on any atom is 0.251 e. The van der Waals surface area contributed by atoms with Gasteiger partial charge >= 0.3 is 0 Å². The van der Waals surface area contributed by atoms with E-state index in [-0.39, 0.29) is 16.6 Å². The molecule has 6 nitrogen and oxygen atoms in total. The van der Waals surface area contributed by atoms with Crippen LogP contribution in [0.4, 0.5) is 0 Å². The third kappa shape index (κ3) is 5.37. The van der Waals surface area contributed by atoms with Crippen molar-refractivity contribution in [2.75, 3.05) is 0 Å². The molecule has 0 aliphatic rings. The number of aromatic nitrogens is 2. The fourth-order valence-corrected chi connectivity index (χ4v) is 5.43. The molecule has 36 heavy (non-hydrogen) atoms. The Balaban J connectivity index is 1.16. The topological polar surface area (TPSA) is 81.1 Å². The predicted molar refractivity (Wildman–Crippen MR) is 140 cm³/mol. The van der Waals surface area contributed by atoms with Gasteiger partial charge in [-0.15, -0.1) is 0 Å². The first-order valence-electron chi connectivity index (χ1n) is 11.6. The number of sulfone groups is 1. The van der Waals surface area contributed by atoms with Gasteiger partial charge in [-0.1, -0.05) is 66.7 Å². The van der Waals surface area contributed by atoms with Crippen LogP contribution < -0.4 is 5.32 Å². The summed E-state index contributed by atoms with van der Waals surface area (Å²) in [6.07, 6.45) is 1.85. The van der Waals surface area contributed by atoms with Gasteiger partial charge in [0.2, 0.25) is 0 Å². The van der Waals surface area contributed by atoms with Crippen LogP contribution in [0.1, 0.15) is 27.0 Å². The van der Waals surface area contributed by atoms with Gasteiger partial charge in [-0.25, -0.2) is 13.4 Å². The highest BCUT2D eigenvalue weighted by Crippen LogP contribution is 2.17. The summed E-state index contributed by atoms with van der Waals surface area (Å²) in [7, 11) is -3.43. The van der Waals surface area contributed by atoms with Gasteiger partial charge in [-0.2, -0.15) is 0 Å². The number of nitrogens with zero attached hydrogens (tertiary/aromatic N) is 2. The highest BCUT2D eigenvalue weighted by Gasteiger charge is 2.15. The lowest BCUT2D eigenvalue weighted by molar-refractivity contribution is 0.0951. The molecule has 0 unspecified atom stereocenters. The first-order valence-corrected chi connectivity index (χ1v) is 13.3. The molecule has 5 rings (SSSR count). The zero-order chi connectivity index (χ0) is 25.0. The van der Waals surface area contributed by atoms with Crippen LogP contribution in [-0.4, -0.2) is 23.9 Å². The smallest absolute Gasteiger partial charge is 0.251 e. The van der Waals surface area contributed by atoms with Crippen LogP contribution in [0.3, 0.4) is 0 Å². The summed E-state index contributed by atoms with van der Waals surface area (Å²) in [5.41, 5.74) is 5.33. The first kappa shape index (κ1) is 23.5. The second kappa shape index (κ2) is 10.2. The molecule has 0 radical (unpaired) electrons. The fraction of sp³-hybridized carbons (Fsp3) is 0.103. The number of carbonyl (C=O) groups is 1. The van der Waals surface area contributed by atoms with E-state index in [9.17, 15) is 13.2 Å². The van der Waals surface area contributed by atoms with Crippen LogP contribution in [0.15, 0.2) is 114 Å². The molecule has 0 spiro atoms. The summed E-state index contributed by atoms with van der Waals surface area (Å²) in [5.74, 6) is -0.318. The van der Waals surface area contributed by atoms with Crippen molar-refractivity contribution in [3.63, 3.8) is 0 Å². The first-order chi connectivity index (χ1) is 17.5. The van der Waals surface area contributed by atoms with E-state index in [0.717, 1.165) is 28.7 Å². The second-order valence-electron chi connectivity index (χ2n) is 8.63. The fourth-order valence-electron chi connectivity index (χ4n) is 4.06. The van der Waals surface area contributed by atoms with Gasteiger partial charge in [0.15, 0.2) is 9.84 Å². The number of carbonyl (C=O) groups excluding carboxylic acids is 1. The summed E-state index contributed by atoms with van der Waals surface area (Å²) >= 11 is 0. The van der Waals surface area contributed by atoms with E-state index in [2.05, 4.69) is 33.1 Å². The molecule has 0 saturated heterocycles. The van der Waals surface area contributed by atoms with E-state index in [4.69, 9.17) is 0 Å².